The molecule has 8 atom stereocenters. The molecular weight excluding hydrogens is 602 g/mol. The van der Waals surface area contributed by atoms with E-state index in [9.17, 15) is 37.8 Å². The van der Waals surface area contributed by atoms with Crippen LogP contribution in [0.25, 0.3) is 0 Å². The molecule has 4 aliphatic carbocycles. The topological polar surface area (TPSA) is 176 Å². The molecule has 12 heteroatoms. The van der Waals surface area contributed by atoms with E-state index in [0.717, 1.165) is 12.0 Å². The van der Waals surface area contributed by atoms with E-state index >= 15 is 0 Å². The van der Waals surface area contributed by atoms with Gasteiger partial charge in [0.05, 0.1) is 11.9 Å². The molecule has 0 aliphatic heterocycles. The van der Waals surface area contributed by atoms with Crippen LogP contribution in [-0.2, 0) is 34.0 Å². The van der Waals surface area contributed by atoms with E-state index in [1.54, 1.807) is 12.2 Å². The molecule has 0 bridgehead atoms. The van der Waals surface area contributed by atoms with Crippen LogP contribution in [0, 0.1) is 34.5 Å². The Kier molecular flexibility index (Phi) is 10.5. The quantitative estimate of drug-likeness (QED) is 0.152. The van der Waals surface area contributed by atoms with Gasteiger partial charge < -0.3 is 19.8 Å². The zero-order valence-corrected chi connectivity index (χ0v) is 27.7. The molecule has 3 saturated carbocycles. The highest BCUT2D eigenvalue weighted by molar-refractivity contribution is 7.85. The van der Waals surface area contributed by atoms with E-state index in [4.69, 9.17) is 9.29 Å². The van der Waals surface area contributed by atoms with E-state index in [-0.39, 0.29) is 67.6 Å². The maximum atomic E-state index is 13.5. The van der Waals surface area contributed by atoms with Gasteiger partial charge in [-0.15, -0.1) is 0 Å². The number of Topliss-reactive ketones (excluding diaryl/α,β-unsaturated/α-hetero) is 1. The Labute approximate surface area is 266 Å². The van der Waals surface area contributed by atoms with Gasteiger partial charge in [0.15, 0.2) is 12.4 Å². The second-order valence-corrected chi connectivity index (χ2v) is 15.8. The van der Waals surface area contributed by atoms with E-state index in [2.05, 4.69) is 13.8 Å². The van der Waals surface area contributed by atoms with E-state index < -0.39 is 56.8 Å². The van der Waals surface area contributed by atoms with Crippen LogP contribution in [-0.4, -0.2) is 89.2 Å². The zero-order valence-electron chi connectivity index (χ0n) is 26.9. The van der Waals surface area contributed by atoms with E-state index in [1.165, 1.54) is 11.9 Å². The number of carbonyl (C=O) groups excluding carboxylic acids is 4. The lowest BCUT2D eigenvalue weighted by molar-refractivity contribution is -0.182. The smallest absolute Gasteiger partial charge is 0.306 e. The molecule has 0 aromatic heterocycles. The Morgan fingerprint density at radius 3 is 2.44 bits per heavy atom. The number of unbranched alkanes of at least 4 members (excludes halogenated alkanes) is 3. The highest BCUT2D eigenvalue weighted by Gasteiger charge is 2.68. The van der Waals surface area contributed by atoms with Gasteiger partial charge in [-0.25, -0.2) is 0 Å². The predicted octanol–water partition coefficient (Wildman–Crippen LogP) is 3.04. The van der Waals surface area contributed by atoms with Gasteiger partial charge in [0.1, 0.15) is 5.60 Å². The Hall–Kier alpha value is -2.41. The molecule has 4 aliphatic rings. The summed E-state index contributed by atoms with van der Waals surface area (Å²) >= 11 is 0. The van der Waals surface area contributed by atoms with Crippen molar-refractivity contribution < 1.29 is 47.1 Å². The second kappa shape index (κ2) is 13.4. The van der Waals surface area contributed by atoms with Crippen molar-refractivity contribution in [3.8, 4) is 0 Å². The van der Waals surface area contributed by atoms with Crippen molar-refractivity contribution in [1.29, 1.82) is 0 Å². The summed E-state index contributed by atoms with van der Waals surface area (Å²) in [6, 6.07) is 0. The summed E-state index contributed by atoms with van der Waals surface area (Å²) in [5.74, 6) is -1.79. The zero-order chi connectivity index (χ0) is 33.4. The third-order valence-electron chi connectivity index (χ3n) is 11.4. The highest BCUT2D eigenvalue weighted by atomic mass is 32.2. The highest BCUT2D eigenvalue weighted by Crippen LogP contribution is 2.67. The largest absolute Gasteiger partial charge is 0.458 e. The fourth-order valence-electron chi connectivity index (χ4n) is 9.02. The van der Waals surface area contributed by atoms with Gasteiger partial charge in [-0.05, 0) is 68.4 Å². The number of allylic oxidation sites excluding steroid dienone is 4. The third-order valence-corrected chi connectivity index (χ3v) is 12.1. The minimum absolute atomic E-state index is 0.00297. The number of ether oxygens (including phenoxy) is 1. The van der Waals surface area contributed by atoms with Crippen LogP contribution >= 0.6 is 0 Å². The van der Waals surface area contributed by atoms with E-state index in [1.807, 2.05) is 13.0 Å². The molecule has 3 fully saturated rings. The SMILES string of the molecule is C[C@H]1C[C@@H]2C([C@@H](O)C[C@@]3(C)[C@H]2CC[C@]3(O)C(=O)COC(=O)CCCCCCC(=O)N(C)CCS(=O)(=O)O)[C@@]2(C)C=CC(=O)C=C12. The van der Waals surface area contributed by atoms with Gasteiger partial charge in [-0.2, -0.15) is 8.42 Å². The molecule has 45 heavy (non-hydrogen) atoms. The number of hydrogen-bond acceptors (Lipinski definition) is 9. The van der Waals surface area contributed by atoms with Crippen molar-refractivity contribution in [2.45, 2.75) is 96.7 Å². The number of carbonyl (C=O) groups is 4. The van der Waals surface area contributed by atoms with Gasteiger partial charge in [0.25, 0.3) is 10.1 Å². The van der Waals surface area contributed by atoms with Crippen LogP contribution < -0.4 is 0 Å². The Morgan fingerprint density at radius 1 is 1.11 bits per heavy atom. The Bertz CT molecular complexity index is 1360. The molecule has 1 unspecified atom stereocenters. The predicted molar refractivity (Wildman–Crippen MR) is 165 cm³/mol. The molecule has 0 heterocycles. The van der Waals surface area contributed by atoms with Gasteiger partial charge >= 0.3 is 5.97 Å². The Balaban J connectivity index is 1.25. The number of hydrogen-bond donors (Lipinski definition) is 3. The number of aliphatic hydroxyl groups excluding tert-OH is 1. The number of nitrogens with zero attached hydrogens (tertiary/aromatic N) is 1. The van der Waals surface area contributed by atoms with E-state index in [0.29, 0.717) is 32.1 Å². The molecule has 0 spiro atoms. The minimum Gasteiger partial charge on any atom is -0.458 e. The first kappa shape index (κ1) is 35.4. The summed E-state index contributed by atoms with van der Waals surface area (Å²) in [4.78, 5) is 51.4. The first-order chi connectivity index (χ1) is 20.9. The number of rotatable bonds is 13. The summed E-state index contributed by atoms with van der Waals surface area (Å²) in [7, 11) is -2.66. The van der Waals surface area contributed by atoms with Crippen LogP contribution in [0.1, 0.15) is 85.0 Å². The molecule has 252 valence electrons. The lowest BCUT2D eigenvalue weighted by Crippen LogP contribution is -2.62. The van der Waals surface area contributed by atoms with Crippen molar-refractivity contribution in [2.24, 2.45) is 34.5 Å². The molecule has 1 amide bonds. The average molecular weight is 652 g/mol. The number of fused-ring (bicyclic) bond motifs is 5. The molecule has 0 aromatic carbocycles. The number of esters is 1. The van der Waals surface area contributed by atoms with Crippen LogP contribution in [0.4, 0.5) is 0 Å². The normalized spacial score (nSPS) is 35.6. The number of aliphatic hydroxyl groups is 2. The van der Waals surface area contributed by atoms with Crippen molar-refractivity contribution in [3.63, 3.8) is 0 Å². The first-order valence-corrected chi connectivity index (χ1v) is 17.8. The summed E-state index contributed by atoms with van der Waals surface area (Å²) in [5.41, 5.74) is -2.01. The summed E-state index contributed by atoms with van der Waals surface area (Å²) < 4.78 is 35.8. The van der Waals surface area contributed by atoms with Gasteiger partial charge in [0.2, 0.25) is 11.7 Å². The van der Waals surface area contributed by atoms with Crippen LogP contribution in [0.5, 0.6) is 0 Å². The fraction of sp³-hybridized carbons (Fsp3) is 0.758. The molecule has 4 rings (SSSR count). The molecule has 0 saturated heterocycles. The van der Waals surface area contributed by atoms with Crippen LogP contribution in [0.3, 0.4) is 0 Å². The van der Waals surface area contributed by atoms with Crippen molar-refractivity contribution in [3.05, 3.63) is 23.8 Å². The van der Waals surface area contributed by atoms with Crippen LogP contribution in [0.15, 0.2) is 23.8 Å². The van der Waals surface area contributed by atoms with Crippen molar-refractivity contribution in [1.82, 2.24) is 4.90 Å². The standard InChI is InChI=1S/C33H49NO10S/c1-21-17-23-24-12-14-33(40,32(24,3)19-26(36)30(23)31(2)13-11-22(35)18-25(21)31)27(37)20-44-29(39)10-8-6-5-7-9-28(38)34(4)15-16-45(41,42)43/h11,13,18,21,23-24,26,30,36,40H,5-10,12,14-17,19-20H2,1-4H3,(H,41,42,43)/t21-,23-,24-,26-,30?,31-,32-,33-/m0/s1. The molecule has 0 aromatic rings. The lowest BCUT2D eigenvalue weighted by atomic mass is 9.45. The van der Waals surface area contributed by atoms with Gasteiger partial charge in [-0.1, -0.05) is 45.3 Å². The molecule has 0 radical (unpaired) electrons. The first-order valence-electron chi connectivity index (χ1n) is 16.2. The van der Waals surface area contributed by atoms with Crippen LogP contribution in [0.2, 0.25) is 0 Å². The second-order valence-electron chi connectivity index (χ2n) is 14.2. The Morgan fingerprint density at radius 2 is 1.78 bits per heavy atom. The molecule has 3 N–H and O–H groups in total. The number of ketones is 2. The summed E-state index contributed by atoms with van der Waals surface area (Å²) in [5, 5.41) is 23.4. The summed E-state index contributed by atoms with van der Waals surface area (Å²) in [6.45, 7) is 5.46. The van der Waals surface area contributed by atoms with Gasteiger partial charge in [-0.3, -0.25) is 23.7 Å². The summed E-state index contributed by atoms with van der Waals surface area (Å²) in [6.07, 6.45) is 9.06. The average Bonchev–Trinajstić information content (AvgIpc) is 3.23. The molecule has 11 nitrogen and oxygen atoms in total. The number of amides is 1. The van der Waals surface area contributed by atoms with Crippen molar-refractivity contribution in [2.75, 3.05) is 26.0 Å². The fourth-order valence-corrected chi connectivity index (χ4v) is 9.52. The maximum Gasteiger partial charge on any atom is 0.306 e. The monoisotopic (exact) mass is 651 g/mol. The van der Waals surface area contributed by atoms with Gasteiger partial charge in [0, 0.05) is 43.2 Å². The minimum atomic E-state index is -4.13. The molecular formula is C33H49NO10S. The van der Waals surface area contributed by atoms with Crippen molar-refractivity contribution >= 4 is 33.6 Å². The third kappa shape index (κ3) is 7.13. The lowest BCUT2D eigenvalue weighted by Gasteiger charge is -2.60. The maximum absolute atomic E-state index is 13.5.